The van der Waals surface area contributed by atoms with Crippen LogP contribution in [0.5, 0.6) is 0 Å². The third kappa shape index (κ3) is 2.33. The van der Waals surface area contributed by atoms with Crippen molar-refractivity contribution in [1.82, 2.24) is 4.57 Å². The molecule has 0 amide bonds. The minimum atomic E-state index is -4.76. The van der Waals surface area contributed by atoms with Gasteiger partial charge in [-0.05, 0) is 23.1 Å². The van der Waals surface area contributed by atoms with Crippen LogP contribution in [0.3, 0.4) is 0 Å². The molecule has 2 aromatic rings. The molecule has 90 valence electrons. The van der Waals surface area contributed by atoms with Gasteiger partial charge in [0.15, 0.2) is 0 Å². The summed E-state index contributed by atoms with van der Waals surface area (Å²) >= 11 is 0. The van der Waals surface area contributed by atoms with E-state index in [-0.39, 0.29) is 0 Å². The van der Waals surface area contributed by atoms with Crippen LogP contribution in [-0.4, -0.2) is 16.5 Å². The van der Waals surface area contributed by atoms with E-state index in [1.807, 2.05) is 12.3 Å². The molecule has 0 unspecified atom stereocenters. The van der Waals surface area contributed by atoms with Crippen LogP contribution in [0, 0.1) is 0 Å². The van der Waals surface area contributed by atoms with Gasteiger partial charge in [0.1, 0.15) is 0 Å². The second kappa shape index (κ2) is 3.91. The first-order valence-electron chi connectivity index (χ1n) is 5.02. The van der Waals surface area contributed by atoms with Crippen LogP contribution < -0.4 is 0 Å². The molecule has 0 saturated carbocycles. The van der Waals surface area contributed by atoms with Crippen LogP contribution in [0.15, 0.2) is 30.5 Å². The zero-order valence-corrected chi connectivity index (χ0v) is 9.08. The SMILES string of the molecule is Cn1ccc2ccc(CC(=O)C(F)(F)F)cc21. The summed E-state index contributed by atoms with van der Waals surface area (Å²) in [5.74, 6) is -1.72. The van der Waals surface area contributed by atoms with E-state index in [2.05, 4.69) is 0 Å². The van der Waals surface area contributed by atoms with Gasteiger partial charge in [0.25, 0.3) is 0 Å². The van der Waals surface area contributed by atoms with Gasteiger partial charge >= 0.3 is 6.18 Å². The molecule has 0 aliphatic rings. The fraction of sp³-hybridized carbons (Fsp3) is 0.250. The van der Waals surface area contributed by atoms with Gasteiger partial charge in [0.05, 0.1) is 0 Å². The zero-order valence-electron chi connectivity index (χ0n) is 9.08. The summed E-state index contributed by atoms with van der Waals surface area (Å²) in [7, 11) is 1.80. The van der Waals surface area contributed by atoms with Crippen molar-refractivity contribution in [3.8, 4) is 0 Å². The summed E-state index contributed by atoms with van der Waals surface area (Å²) < 4.78 is 38.1. The van der Waals surface area contributed by atoms with E-state index >= 15 is 0 Å². The lowest BCUT2D eigenvalue weighted by molar-refractivity contribution is -0.170. The van der Waals surface area contributed by atoms with E-state index in [4.69, 9.17) is 0 Å². The fourth-order valence-corrected chi connectivity index (χ4v) is 1.70. The normalized spacial score (nSPS) is 12.0. The minimum Gasteiger partial charge on any atom is -0.351 e. The van der Waals surface area contributed by atoms with Crippen LogP contribution in [0.2, 0.25) is 0 Å². The maximum Gasteiger partial charge on any atom is 0.450 e. The van der Waals surface area contributed by atoms with Gasteiger partial charge in [0, 0.05) is 25.2 Å². The summed E-state index contributed by atoms with van der Waals surface area (Å²) in [4.78, 5) is 10.9. The fourth-order valence-electron chi connectivity index (χ4n) is 1.70. The van der Waals surface area contributed by atoms with Gasteiger partial charge < -0.3 is 4.57 Å². The van der Waals surface area contributed by atoms with E-state index < -0.39 is 18.4 Å². The number of aromatic nitrogens is 1. The number of aryl methyl sites for hydroxylation is 1. The average Bonchev–Trinajstić information content (AvgIpc) is 2.59. The topological polar surface area (TPSA) is 22.0 Å². The van der Waals surface area contributed by atoms with Gasteiger partial charge in [-0.3, -0.25) is 4.79 Å². The average molecular weight is 241 g/mol. The molecule has 0 radical (unpaired) electrons. The van der Waals surface area contributed by atoms with Gasteiger partial charge in [-0.1, -0.05) is 12.1 Å². The molecule has 0 N–H and O–H groups in total. The number of hydrogen-bond acceptors (Lipinski definition) is 1. The number of ketones is 1. The number of nitrogens with zero attached hydrogens (tertiary/aromatic N) is 1. The Morgan fingerprint density at radius 3 is 2.65 bits per heavy atom. The number of carbonyl (C=O) groups excluding carboxylic acids is 1. The Bertz CT molecular complexity index is 569. The van der Waals surface area contributed by atoms with Gasteiger partial charge in [0.2, 0.25) is 5.78 Å². The third-order valence-electron chi connectivity index (χ3n) is 2.63. The molecule has 1 aromatic heterocycles. The second-order valence-corrected chi connectivity index (χ2v) is 3.92. The van der Waals surface area contributed by atoms with Crippen LogP contribution in [-0.2, 0) is 18.3 Å². The lowest BCUT2D eigenvalue weighted by Crippen LogP contribution is -2.24. The smallest absolute Gasteiger partial charge is 0.351 e. The molecular formula is C12H10F3NO. The molecule has 0 atom stereocenters. The molecule has 0 aliphatic heterocycles. The Hall–Kier alpha value is -1.78. The minimum absolute atomic E-state index is 0.377. The first-order valence-corrected chi connectivity index (χ1v) is 5.02. The molecule has 0 fully saturated rings. The maximum absolute atomic E-state index is 12.1. The number of carbonyl (C=O) groups is 1. The highest BCUT2D eigenvalue weighted by Crippen LogP contribution is 2.21. The molecule has 0 spiro atoms. The van der Waals surface area contributed by atoms with Gasteiger partial charge in [-0.15, -0.1) is 0 Å². The third-order valence-corrected chi connectivity index (χ3v) is 2.63. The first-order chi connectivity index (χ1) is 7.88. The molecule has 1 aromatic carbocycles. The molecule has 0 saturated heterocycles. The van der Waals surface area contributed by atoms with Crippen molar-refractivity contribution >= 4 is 16.7 Å². The zero-order chi connectivity index (χ0) is 12.6. The van der Waals surface area contributed by atoms with E-state index in [0.717, 1.165) is 10.9 Å². The Kier molecular flexibility index (Phi) is 2.69. The lowest BCUT2D eigenvalue weighted by Gasteiger charge is -2.05. The Morgan fingerprint density at radius 2 is 2.00 bits per heavy atom. The standard InChI is InChI=1S/C12H10F3NO/c1-16-5-4-9-3-2-8(6-10(9)16)7-11(17)12(13,14)15/h2-6H,7H2,1H3. The second-order valence-electron chi connectivity index (χ2n) is 3.92. The molecule has 2 nitrogen and oxygen atoms in total. The molecular weight excluding hydrogens is 231 g/mol. The van der Waals surface area contributed by atoms with Crippen molar-refractivity contribution in [1.29, 1.82) is 0 Å². The van der Waals surface area contributed by atoms with Gasteiger partial charge in [-0.25, -0.2) is 0 Å². The quantitative estimate of drug-likeness (QED) is 0.792. The lowest BCUT2D eigenvalue weighted by atomic mass is 10.1. The molecule has 0 bridgehead atoms. The summed E-state index contributed by atoms with van der Waals surface area (Å²) in [6.07, 6.45) is -3.55. The van der Waals surface area contributed by atoms with Crippen molar-refractivity contribution in [2.75, 3.05) is 0 Å². The highest BCUT2D eigenvalue weighted by atomic mass is 19.4. The van der Waals surface area contributed by atoms with Gasteiger partial charge in [-0.2, -0.15) is 13.2 Å². The van der Waals surface area contributed by atoms with Crippen molar-refractivity contribution in [2.45, 2.75) is 12.6 Å². The molecule has 2 rings (SSSR count). The van der Waals surface area contributed by atoms with E-state index in [9.17, 15) is 18.0 Å². The number of hydrogen-bond donors (Lipinski definition) is 0. The molecule has 5 heteroatoms. The Morgan fingerprint density at radius 1 is 1.29 bits per heavy atom. The van der Waals surface area contributed by atoms with Crippen LogP contribution in [0.1, 0.15) is 5.56 Å². The summed E-state index contributed by atoms with van der Waals surface area (Å²) in [6.45, 7) is 0. The Balaban J connectivity index is 2.31. The number of halogens is 3. The number of alkyl halides is 3. The summed E-state index contributed by atoms with van der Waals surface area (Å²) in [5, 5.41) is 0.940. The summed E-state index contributed by atoms with van der Waals surface area (Å²) in [5.41, 5.74) is 1.19. The largest absolute Gasteiger partial charge is 0.450 e. The van der Waals surface area contributed by atoms with Crippen LogP contribution >= 0.6 is 0 Å². The van der Waals surface area contributed by atoms with Crippen molar-refractivity contribution in [2.24, 2.45) is 7.05 Å². The van der Waals surface area contributed by atoms with Crippen molar-refractivity contribution < 1.29 is 18.0 Å². The van der Waals surface area contributed by atoms with Crippen molar-refractivity contribution in [3.63, 3.8) is 0 Å². The van der Waals surface area contributed by atoms with Crippen molar-refractivity contribution in [3.05, 3.63) is 36.0 Å². The molecule has 0 aliphatic carbocycles. The summed E-state index contributed by atoms with van der Waals surface area (Å²) in [6, 6.07) is 6.74. The monoisotopic (exact) mass is 241 g/mol. The van der Waals surface area contributed by atoms with E-state index in [1.54, 1.807) is 29.8 Å². The van der Waals surface area contributed by atoms with Crippen LogP contribution in [0.25, 0.3) is 10.9 Å². The predicted molar refractivity (Wildman–Crippen MR) is 57.7 cm³/mol. The highest BCUT2D eigenvalue weighted by molar-refractivity contribution is 5.88. The highest BCUT2D eigenvalue weighted by Gasteiger charge is 2.37. The van der Waals surface area contributed by atoms with Crippen LogP contribution in [0.4, 0.5) is 13.2 Å². The number of benzene rings is 1. The number of rotatable bonds is 2. The Labute approximate surface area is 95.7 Å². The number of fused-ring (bicyclic) bond motifs is 1. The van der Waals surface area contributed by atoms with E-state index in [0.29, 0.717) is 5.56 Å². The predicted octanol–water partition coefficient (Wildman–Crippen LogP) is 2.85. The molecule has 1 heterocycles. The number of Topliss-reactive ketones (excluding diaryl/α,β-unsaturated/α-hetero) is 1. The first kappa shape index (κ1) is 11.7. The van der Waals surface area contributed by atoms with E-state index in [1.165, 1.54) is 0 Å². The maximum atomic E-state index is 12.1. The molecule has 17 heavy (non-hydrogen) atoms.